The Kier molecular flexibility index (Phi) is 6.35. The summed E-state index contributed by atoms with van der Waals surface area (Å²) >= 11 is 0. The van der Waals surface area contributed by atoms with E-state index in [0.29, 0.717) is 16.7 Å². The average Bonchev–Trinajstić information content (AvgIpc) is 3.06. The number of rotatable bonds is 5. The summed E-state index contributed by atoms with van der Waals surface area (Å²) in [7, 11) is 0. The van der Waals surface area contributed by atoms with Crippen LogP contribution in [-0.2, 0) is 0 Å². The number of aliphatic hydroxyl groups is 1. The molecule has 0 aromatic heterocycles. The van der Waals surface area contributed by atoms with Crippen LogP contribution in [0.3, 0.4) is 0 Å². The van der Waals surface area contributed by atoms with Crippen LogP contribution in [0.4, 0.5) is 0 Å². The minimum Gasteiger partial charge on any atom is -0.393 e. The van der Waals surface area contributed by atoms with E-state index in [1.54, 1.807) is 5.57 Å². The SMILES string of the molecule is CC[C@H](/C=C/[C@@H](C)[C@H]1CC[C@H]2C3CC=C4CC(O)CC[C@]4(C)[C@H]3CC[C@]12C)C(C)C. The van der Waals surface area contributed by atoms with Gasteiger partial charge in [0.2, 0.25) is 0 Å². The van der Waals surface area contributed by atoms with Gasteiger partial charge in [0, 0.05) is 0 Å². The Balaban J connectivity index is 1.52. The van der Waals surface area contributed by atoms with E-state index >= 15 is 0 Å². The highest BCUT2D eigenvalue weighted by Crippen LogP contribution is 2.67. The first-order chi connectivity index (χ1) is 14.2. The van der Waals surface area contributed by atoms with E-state index in [4.69, 9.17) is 0 Å². The summed E-state index contributed by atoms with van der Waals surface area (Å²) in [6.07, 6.45) is 19.1. The summed E-state index contributed by atoms with van der Waals surface area (Å²) in [5.74, 6) is 5.70. The molecule has 0 aromatic rings. The van der Waals surface area contributed by atoms with E-state index in [1.807, 2.05) is 0 Å². The van der Waals surface area contributed by atoms with Crippen LogP contribution in [0.1, 0.15) is 99.3 Å². The Morgan fingerprint density at radius 2 is 1.80 bits per heavy atom. The van der Waals surface area contributed by atoms with E-state index < -0.39 is 0 Å². The van der Waals surface area contributed by atoms with Gasteiger partial charge in [0.15, 0.2) is 0 Å². The van der Waals surface area contributed by atoms with Gasteiger partial charge in [-0.3, -0.25) is 0 Å². The molecule has 1 heteroatoms. The van der Waals surface area contributed by atoms with Gasteiger partial charge in [-0.15, -0.1) is 0 Å². The Labute approximate surface area is 186 Å². The fraction of sp³-hybridized carbons (Fsp3) is 0.862. The van der Waals surface area contributed by atoms with Gasteiger partial charge < -0.3 is 5.11 Å². The zero-order valence-electron chi connectivity index (χ0n) is 20.7. The molecule has 2 unspecified atom stereocenters. The van der Waals surface area contributed by atoms with Gasteiger partial charge in [0.05, 0.1) is 6.10 Å². The zero-order chi connectivity index (χ0) is 21.7. The monoisotopic (exact) mass is 412 g/mol. The van der Waals surface area contributed by atoms with Crippen LogP contribution in [0.15, 0.2) is 23.8 Å². The van der Waals surface area contributed by atoms with Gasteiger partial charge in [-0.25, -0.2) is 0 Å². The fourth-order valence-electron chi connectivity index (χ4n) is 8.83. The highest BCUT2D eigenvalue weighted by molar-refractivity contribution is 5.25. The highest BCUT2D eigenvalue weighted by Gasteiger charge is 2.58. The van der Waals surface area contributed by atoms with Crippen molar-refractivity contribution in [1.29, 1.82) is 0 Å². The van der Waals surface area contributed by atoms with Crippen molar-refractivity contribution in [2.75, 3.05) is 0 Å². The van der Waals surface area contributed by atoms with E-state index in [0.717, 1.165) is 48.3 Å². The zero-order valence-corrected chi connectivity index (χ0v) is 20.7. The Morgan fingerprint density at radius 1 is 1.03 bits per heavy atom. The molecule has 30 heavy (non-hydrogen) atoms. The summed E-state index contributed by atoms with van der Waals surface area (Å²) in [5, 5.41) is 10.2. The van der Waals surface area contributed by atoms with Crippen molar-refractivity contribution < 1.29 is 5.11 Å². The molecule has 1 nitrogen and oxygen atoms in total. The summed E-state index contributed by atoms with van der Waals surface area (Å²) < 4.78 is 0. The molecule has 0 radical (unpaired) electrons. The predicted molar refractivity (Wildman–Crippen MR) is 128 cm³/mol. The second kappa shape index (κ2) is 8.42. The molecule has 0 amide bonds. The van der Waals surface area contributed by atoms with E-state index in [-0.39, 0.29) is 6.10 Å². The lowest BCUT2D eigenvalue weighted by Crippen LogP contribution is -2.50. The maximum absolute atomic E-state index is 10.2. The van der Waals surface area contributed by atoms with Gasteiger partial charge in [-0.1, -0.05) is 65.3 Å². The van der Waals surface area contributed by atoms with E-state index in [9.17, 15) is 5.11 Å². The Bertz CT molecular complexity index is 674. The van der Waals surface area contributed by atoms with Gasteiger partial charge in [0.1, 0.15) is 0 Å². The molecule has 4 aliphatic rings. The van der Waals surface area contributed by atoms with Gasteiger partial charge in [-0.05, 0) is 110 Å². The standard InChI is InChI=1S/C29H48O/c1-7-21(19(2)3)9-8-20(4)25-12-13-26-24-11-10-22-18-23(30)14-16-28(22,5)27(24)15-17-29(25,26)6/h8-10,19-21,23-27,30H,7,11-18H2,1-6H3/b9-8+/t20-,21-,23?,24?,25-,26+,27+,28+,29-/m1/s1. The molecule has 4 rings (SSSR count). The van der Waals surface area contributed by atoms with Gasteiger partial charge >= 0.3 is 0 Å². The normalized spacial score (nSPS) is 45.6. The van der Waals surface area contributed by atoms with Crippen molar-refractivity contribution >= 4 is 0 Å². The first kappa shape index (κ1) is 22.6. The Morgan fingerprint density at radius 3 is 2.50 bits per heavy atom. The molecule has 3 fully saturated rings. The smallest absolute Gasteiger partial charge is 0.0577 e. The lowest BCUT2D eigenvalue weighted by atomic mass is 9.47. The second-order valence-electron chi connectivity index (χ2n) is 12.4. The van der Waals surface area contributed by atoms with Crippen LogP contribution in [0, 0.1) is 52.3 Å². The number of hydrogen-bond acceptors (Lipinski definition) is 1. The number of aliphatic hydroxyl groups excluding tert-OH is 1. The van der Waals surface area contributed by atoms with Crippen LogP contribution >= 0.6 is 0 Å². The van der Waals surface area contributed by atoms with Gasteiger partial charge in [-0.2, -0.15) is 0 Å². The summed E-state index contributed by atoms with van der Waals surface area (Å²) in [6.45, 7) is 14.8. The summed E-state index contributed by atoms with van der Waals surface area (Å²) in [4.78, 5) is 0. The lowest BCUT2D eigenvalue weighted by Gasteiger charge is -2.58. The molecule has 0 saturated heterocycles. The number of fused-ring (bicyclic) bond motifs is 5. The quantitative estimate of drug-likeness (QED) is 0.457. The third-order valence-electron chi connectivity index (χ3n) is 10.8. The summed E-state index contributed by atoms with van der Waals surface area (Å²) in [6, 6.07) is 0. The maximum Gasteiger partial charge on any atom is 0.0577 e. The average molecular weight is 413 g/mol. The third-order valence-corrected chi connectivity index (χ3v) is 10.8. The third kappa shape index (κ3) is 3.66. The molecule has 1 N–H and O–H groups in total. The van der Waals surface area contributed by atoms with Crippen molar-refractivity contribution in [1.82, 2.24) is 0 Å². The predicted octanol–water partition coefficient (Wildman–Crippen LogP) is 7.80. The van der Waals surface area contributed by atoms with Crippen molar-refractivity contribution in [2.45, 2.75) is 105 Å². The largest absolute Gasteiger partial charge is 0.393 e. The van der Waals surface area contributed by atoms with Crippen LogP contribution < -0.4 is 0 Å². The van der Waals surface area contributed by atoms with E-state index in [1.165, 1.54) is 44.9 Å². The van der Waals surface area contributed by atoms with Gasteiger partial charge in [0.25, 0.3) is 0 Å². The van der Waals surface area contributed by atoms with Crippen LogP contribution in [0.25, 0.3) is 0 Å². The molecule has 170 valence electrons. The Hall–Kier alpha value is -0.560. The van der Waals surface area contributed by atoms with Crippen molar-refractivity contribution in [2.24, 2.45) is 52.3 Å². The molecular weight excluding hydrogens is 364 g/mol. The highest BCUT2D eigenvalue weighted by atomic mass is 16.3. The number of hydrogen-bond donors (Lipinski definition) is 1. The minimum atomic E-state index is -0.0870. The topological polar surface area (TPSA) is 20.2 Å². The molecule has 9 atom stereocenters. The molecule has 0 heterocycles. The first-order valence-electron chi connectivity index (χ1n) is 13.3. The van der Waals surface area contributed by atoms with Crippen LogP contribution in [0.5, 0.6) is 0 Å². The molecule has 0 bridgehead atoms. The molecule has 0 aromatic carbocycles. The second-order valence-corrected chi connectivity index (χ2v) is 12.4. The molecule has 0 aliphatic heterocycles. The van der Waals surface area contributed by atoms with Crippen molar-refractivity contribution in [3.63, 3.8) is 0 Å². The van der Waals surface area contributed by atoms with Crippen LogP contribution in [0.2, 0.25) is 0 Å². The van der Waals surface area contributed by atoms with E-state index in [2.05, 4.69) is 59.8 Å². The van der Waals surface area contributed by atoms with Crippen molar-refractivity contribution in [3.8, 4) is 0 Å². The minimum absolute atomic E-state index is 0.0870. The molecule has 3 saturated carbocycles. The lowest BCUT2D eigenvalue weighted by molar-refractivity contribution is -0.0540. The van der Waals surface area contributed by atoms with Crippen molar-refractivity contribution in [3.05, 3.63) is 23.8 Å². The number of allylic oxidation sites excluding steroid dienone is 3. The maximum atomic E-state index is 10.2. The molecule has 4 aliphatic carbocycles. The first-order valence-corrected chi connectivity index (χ1v) is 13.3. The molecular formula is C29H48O. The van der Waals surface area contributed by atoms with Crippen LogP contribution in [-0.4, -0.2) is 11.2 Å². The fourth-order valence-corrected chi connectivity index (χ4v) is 8.83. The molecule has 0 spiro atoms. The summed E-state index contributed by atoms with van der Waals surface area (Å²) in [5.41, 5.74) is 2.51.